The first-order valence-electron chi connectivity index (χ1n) is 10.3. The first-order chi connectivity index (χ1) is 15.4. The molecule has 1 aromatic heterocycles. The molecule has 172 valence electrons. The summed E-state index contributed by atoms with van der Waals surface area (Å²) in [4.78, 5) is 30.1. The molecule has 2 N–H and O–H groups in total. The van der Waals surface area contributed by atoms with Crippen LogP contribution in [0.5, 0.6) is 17.2 Å². The zero-order valence-electron chi connectivity index (χ0n) is 18.9. The Labute approximate surface area is 185 Å². The molecule has 0 saturated heterocycles. The van der Waals surface area contributed by atoms with Crippen molar-refractivity contribution >= 4 is 33.2 Å². The van der Waals surface area contributed by atoms with Gasteiger partial charge in [-0.15, -0.1) is 0 Å². The highest BCUT2D eigenvalue weighted by molar-refractivity contribution is 6.05. The van der Waals surface area contributed by atoms with Gasteiger partial charge in [0.25, 0.3) is 5.69 Å². The Balaban J connectivity index is 2.31. The number of aromatic nitrogens is 1. The molecule has 0 spiro atoms. The normalized spacial score (nSPS) is 11.2. The molecule has 0 aliphatic heterocycles. The third kappa shape index (κ3) is 4.01. The van der Waals surface area contributed by atoms with Crippen molar-refractivity contribution in [1.82, 2.24) is 9.88 Å². The van der Waals surface area contributed by atoms with Crippen molar-refractivity contribution in [3.05, 3.63) is 38.5 Å². The van der Waals surface area contributed by atoms with Crippen molar-refractivity contribution in [2.24, 2.45) is 0 Å². The van der Waals surface area contributed by atoms with Gasteiger partial charge >= 0.3 is 0 Å². The van der Waals surface area contributed by atoms with Crippen LogP contribution in [0.25, 0.3) is 21.8 Å². The van der Waals surface area contributed by atoms with Crippen LogP contribution in [0.3, 0.4) is 0 Å². The Kier molecular flexibility index (Phi) is 7.04. The lowest BCUT2D eigenvalue weighted by Crippen LogP contribution is -2.28. The fourth-order valence-corrected chi connectivity index (χ4v) is 3.88. The molecule has 0 aliphatic rings. The summed E-state index contributed by atoms with van der Waals surface area (Å²) in [6, 6.07) is 4.53. The first-order valence-corrected chi connectivity index (χ1v) is 10.3. The maximum Gasteiger partial charge on any atom is 0.293 e. The number of hydrogen-bond donors (Lipinski definition) is 2. The fraction of sp³-hybridized carbons (Fsp3) is 0.409. The van der Waals surface area contributed by atoms with Crippen molar-refractivity contribution in [2.75, 3.05) is 52.8 Å². The largest absolute Gasteiger partial charge is 0.493 e. The summed E-state index contributed by atoms with van der Waals surface area (Å²) in [7, 11) is 4.34. The second kappa shape index (κ2) is 9.73. The van der Waals surface area contributed by atoms with Crippen molar-refractivity contribution in [2.45, 2.75) is 13.8 Å². The molecule has 0 atom stereocenters. The van der Waals surface area contributed by atoms with E-state index in [4.69, 9.17) is 14.2 Å². The third-order valence-corrected chi connectivity index (χ3v) is 5.56. The van der Waals surface area contributed by atoms with Crippen molar-refractivity contribution in [3.63, 3.8) is 0 Å². The zero-order valence-corrected chi connectivity index (χ0v) is 18.9. The molecule has 0 radical (unpaired) electrons. The number of nitro groups is 1. The van der Waals surface area contributed by atoms with Gasteiger partial charge in [0.1, 0.15) is 5.52 Å². The van der Waals surface area contributed by atoms with Crippen LogP contribution in [0.15, 0.2) is 23.0 Å². The number of anilines is 1. The van der Waals surface area contributed by atoms with Gasteiger partial charge in [-0.2, -0.15) is 0 Å². The Morgan fingerprint density at radius 1 is 1.06 bits per heavy atom. The first kappa shape index (κ1) is 23.1. The summed E-state index contributed by atoms with van der Waals surface area (Å²) in [6.07, 6.45) is 0. The summed E-state index contributed by atoms with van der Waals surface area (Å²) >= 11 is 0. The zero-order chi connectivity index (χ0) is 23.4. The van der Waals surface area contributed by atoms with Gasteiger partial charge in [0.05, 0.1) is 42.5 Å². The molecule has 1 heterocycles. The molecule has 0 unspecified atom stereocenters. The summed E-state index contributed by atoms with van der Waals surface area (Å²) < 4.78 is 16.3. The van der Waals surface area contributed by atoms with Crippen LogP contribution in [-0.4, -0.2) is 62.3 Å². The molecule has 10 nitrogen and oxygen atoms in total. The lowest BCUT2D eigenvalue weighted by atomic mass is 10.1. The van der Waals surface area contributed by atoms with Crippen molar-refractivity contribution < 1.29 is 19.1 Å². The molecular formula is C22H28N4O6. The van der Waals surface area contributed by atoms with E-state index >= 15 is 0 Å². The number of nitrogens with one attached hydrogen (secondary N) is 2. The summed E-state index contributed by atoms with van der Waals surface area (Å²) in [5.41, 5.74) is 0.399. The molecule has 0 fully saturated rings. The highest BCUT2D eigenvalue weighted by Gasteiger charge is 2.24. The number of likely N-dealkylation sites (N-methyl/N-ethyl adjacent to an activating group) is 1. The van der Waals surface area contributed by atoms with Gasteiger partial charge in [0, 0.05) is 30.9 Å². The molecule has 0 saturated carbocycles. The van der Waals surface area contributed by atoms with Crippen LogP contribution in [0, 0.1) is 10.1 Å². The summed E-state index contributed by atoms with van der Waals surface area (Å²) in [5, 5.41) is 15.4. The van der Waals surface area contributed by atoms with E-state index in [0.717, 1.165) is 19.6 Å². The average Bonchev–Trinajstić information content (AvgIpc) is 2.80. The summed E-state index contributed by atoms with van der Waals surface area (Å²) in [5.74, 6) is 0.808. The Morgan fingerprint density at radius 2 is 1.75 bits per heavy atom. The van der Waals surface area contributed by atoms with Gasteiger partial charge in [-0.3, -0.25) is 14.9 Å². The van der Waals surface area contributed by atoms with Crippen molar-refractivity contribution in [3.8, 4) is 17.2 Å². The molecule has 3 aromatic rings. The van der Waals surface area contributed by atoms with E-state index in [1.807, 2.05) is 0 Å². The predicted molar refractivity (Wildman–Crippen MR) is 125 cm³/mol. The van der Waals surface area contributed by atoms with Crippen LogP contribution in [-0.2, 0) is 0 Å². The van der Waals surface area contributed by atoms with E-state index in [9.17, 15) is 14.9 Å². The molecule has 2 aromatic carbocycles. The molecule has 10 heteroatoms. The molecule has 32 heavy (non-hydrogen) atoms. The SMILES string of the molecule is CCN(CC)CCNc1ccc([N+](=O)[O-])c2[nH]c3cc(OC)c(OC)c(OC)c3c(=O)c12. The Morgan fingerprint density at radius 3 is 2.31 bits per heavy atom. The van der Waals surface area contributed by atoms with Gasteiger partial charge in [-0.25, -0.2) is 0 Å². The van der Waals surface area contributed by atoms with Crippen LogP contribution in [0.1, 0.15) is 13.8 Å². The second-order valence-electron chi connectivity index (χ2n) is 7.12. The number of aromatic amines is 1. The van der Waals surface area contributed by atoms with E-state index in [0.29, 0.717) is 23.5 Å². The van der Waals surface area contributed by atoms with E-state index in [-0.39, 0.29) is 33.5 Å². The number of nitro benzene ring substituents is 1. The van der Waals surface area contributed by atoms with Crippen LogP contribution in [0.2, 0.25) is 0 Å². The quantitative estimate of drug-likeness (QED) is 0.278. The maximum absolute atomic E-state index is 13.7. The number of fused-ring (bicyclic) bond motifs is 2. The monoisotopic (exact) mass is 444 g/mol. The lowest BCUT2D eigenvalue weighted by Gasteiger charge is -2.19. The van der Waals surface area contributed by atoms with E-state index in [1.165, 1.54) is 27.4 Å². The second-order valence-corrected chi connectivity index (χ2v) is 7.12. The maximum atomic E-state index is 13.7. The van der Waals surface area contributed by atoms with Crippen LogP contribution >= 0.6 is 0 Å². The number of H-pyrrole nitrogens is 1. The van der Waals surface area contributed by atoms with Crippen LogP contribution < -0.4 is 25.0 Å². The molecule has 3 rings (SSSR count). The number of non-ortho nitro benzene ring substituents is 1. The minimum Gasteiger partial charge on any atom is -0.493 e. The molecule has 0 bridgehead atoms. The lowest BCUT2D eigenvalue weighted by molar-refractivity contribution is -0.383. The number of hydrogen-bond acceptors (Lipinski definition) is 8. The van der Waals surface area contributed by atoms with Gasteiger partial charge in [0.2, 0.25) is 11.2 Å². The van der Waals surface area contributed by atoms with Gasteiger partial charge in [-0.05, 0) is 19.2 Å². The average molecular weight is 444 g/mol. The number of benzene rings is 2. The van der Waals surface area contributed by atoms with E-state index < -0.39 is 10.4 Å². The fourth-order valence-electron chi connectivity index (χ4n) is 3.88. The number of rotatable bonds is 10. The summed E-state index contributed by atoms with van der Waals surface area (Å²) in [6.45, 7) is 7.32. The molecular weight excluding hydrogens is 416 g/mol. The molecule has 0 aliphatic carbocycles. The standard InChI is InChI=1S/C22H28N4O6/c1-6-25(7-2)11-10-23-13-8-9-15(26(28)29)19-17(13)20(27)18-14(24-19)12-16(30-3)21(31-4)22(18)32-5/h8-9,12,23H,6-7,10-11H2,1-5H3,(H,24,27). The Hall–Kier alpha value is -3.53. The Bertz CT molecular complexity index is 1200. The minimum absolute atomic E-state index is 0.134. The predicted octanol–water partition coefficient (Wildman–Crippen LogP) is 3.37. The van der Waals surface area contributed by atoms with Gasteiger partial charge in [-0.1, -0.05) is 13.8 Å². The number of methoxy groups -OCH3 is 3. The number of ether oxygens (including phenoxy) is 3. The smallest absolute Gasteiger partial charge is 0.293 e. The van der Waals surface area contributed by atoms with Gasteiger partial charge < -0.3 is 29.4 Å². The van der Waals surface area contributed by atoms with Crippen molar-refractivity contribution in [1.29, 1.82) is 0 Å². The third-order valence-electron chi connectivity index (χ3n) is 5.56. The number of pyridine rings is 1. The highest BCUT2D eigenvalue weighted by Crippen LogP contribution is 2.43. The molecule has 0 amide bonds. The van der Waals surface area contributed by atoms with Gasteiger partial charge in [0.15, 0.2) is 11.5 Å². The number of nitrogens with zero attached hydrogens (tertiary/aromatic N) is 2. The topological polar surface area (TPSA) is 119 Å². The van der Waals surface area contributed by atoms with Crippen LogP contribution in [0.4, 0.5) is 11.4 Å². The van der Waals surface area contributed by atoms with E-state index in [1.54, 1.807) is 12.1 Å². The highest BCUT2D eigenvalue weighted by atomic mass is 16.6. The minimum atomic E-state index is -0.512. The van der Waals surface area contributed by atoms with E-state index in [2.05, 4.69) is 29.0 Å².